The summed E-state index contributed by atoms with van der Waals surface area (Å²) >= 11 is 1.66. The van der Waals surface area contributed by atoms with E-state index in [9.17, 15) is 8.42 Å². The molecule has 0 unspecified atom stereocenters. The number of nitrogens with zero attached hydrogens (tertiary/aromatic N) is 2. The zero-order valence-electron chi connectivity index (χ0n) is 13.4. The molecule has 5 nitrogen and oxygen atoms in total. The van der Waals surface area contributed by atoms with Crippen molar-refractivity contribution in [1.29, 1.82) is 0 Å². The van der Waals surface area contributed by atoms with E-state index < -0.39 is 9.84 Å². The summed E-state index contributed by atoms with van der Waals surface area (Å²) in [5, 5.41) is 2.03. The lowest BCUT2D eigenvalue weighted by atomic mass is 10.2. The maximum Gasteiger partial charge on any atom is 0.175 e. The Balaban J connectivity index is 1.87. The summed E-state index contributed by atoms with van der Waals surface area (Å²) in [7, 11) is -1.50. The molecule has 0 saturated heterocycles. The number of benzene rings is 1. The van der Waals surface area contributed by atoms with Crippen LogP contribution < -0.4 is 0 Å². The minimum Gasteiger partial charge on any atom is -0.374 e. The van der Waals surface area contributed by atoms with Crippen LogP contribution in [0.5, 0.6) is 0 Å². The first-order valence-corrected chi connectivity index (χ1v) is 10.1. The maximum atomic E-state index is 11.6. The van der Waals surface area contributed by atoms with Gasteiger partial charge in [-0.25, -0.2) is 13.4 Å². The Morgan fingerprint density at radius 2 is 2.00 bits per heavy atom. The Kier molecular flexibility index (Phi) is 4.84. The third-order valence-electron chi connectivity index (χ3n) is 3.76. The molecule has 2 heterocycles. The summed E-state index contributed by atoms with van der Waals surface area (Å²) in [6.45, 7) is 0.639. The van der Waals surface area contributed by atoms with Crippen LogP contribution in [0.4, 0.5) is 0 Å². The van der Waals surface area contributed by atoms with Crippen molar-refractivity contribution in [3.8, 4) is 11.4 Å². The second-order valence-electron chi connectivity index (χ2n) is 5.44. The van der Waals surface area contributed by atoms with E-state index in [0.717, 1.165) is 16.3 Å². The summed E-state index contributed by atoms with van der Waals surface area (Å²) in [4.78, 5) is 5.87. The first-order valence-electron chi connectivity index (χ1n) is 7.37. The number of ether oxygens (including phenoxy) is 1. The highest BCUT2D eigenvalue weighted by Gasteiger charge is 2.16. The highest BCUT2D eigenvalue weighted by Crippen LogP contribution is 2.26. The SMILES string of the molecule is CO[C@H](Cn1ccnc1-c1ccc(S(C)(=O)=O)cc1)c1cccs1. The van der Waals surface area contributed by atoms with Crippen LogP contribution in [0.25, 0.3) is 11.4 Å². The number of rotatable bonds is 6. The van der Waals surface area contributed by atoms with Crippen molar-refractivity contribution in [2.75, 3.05) is 13.4 Å². The first-order chi connectivity index (χ1) is 11.5. The molecule has 0 saturated carbocycles. The van der Waals surface area contributed by atoms with Gasteiger partial charge in [-0.3, -0.25) is 0 Å². The van der Waals surface area contributed by atoms with E-state index >= 15 is 0 Å². The molecular weight excluding hydrogens is 344 g/mol. The van der Waals surface area contributed by atoms with Gasteiger partial charge in [-0.05, 0) is 35.7 Å². The van der Waals surface area contributed by atoms with Crippen LogP contribution in [0, 0.1) is 0 Å². The number of hydrogen-bond acceptors (Lipinski definition) is 5. The monoisotopic (exact) mass is 362 g/mol. The molecule has 0 aliphatic carbocycles. The molecule has 0 bridgehead atoms. The molecule has 0 aliphatic rings. The number of aromatic nitrogens is 2. The van der Waals surface area contributed by atoms with Crippen molar-refractivity contribution in [2.45, 2.75) is 17.5 Å². The maximum absolute atomic E-state index is 11.6. The van der Waals surface area contributed by atoms with E-state index in [1.807, 2.05) is 22.2 Å². The quantitative estimate of drug-likeness (QED) is 0.674. The van der Waals surface area contributed by atoms with Gasteiger partial charge < -0.3 is 9.30 Å². The molecule has 7 heteroatoms. The Morgan fingerprint density at radius 1 is 1.25 bits per heavy atom. The average Bonchev–Trinajstić information content (AvgIpc) is 3.23. The number of imidazole rings is 1. The van der Waals surface area contributed by atoms with Gasteiger partial charge in [0.05, 0.1) is 11.4 Å². The lowest BCUT2D eigenvalue weighted by Gasteiger charge is -2.16. The third kappa shape index (κ3) is 3.58. The second kappa shape index (κ2) is 6.88. The molecule has 2 aromatic heterocycles. The van der Waals surface area contributed by atoms with E-state index in [4.69, 9.17) is 4.74 Å². The smallest absolute Gasteiger partial charge is 0.175 e. The lowest BCUT2D eigenvalue weighted by Crippen LogP contribution is -2.10. The number of thiophene rings is 1. The molecule has 0 amide bonds. The Hall–Kier alpha value is -1.96. The van der Waals surface area contributed by atoms with Gasteiger partial charge in [-0.2, -0.15) is 0 Å². The summed E-state index contributed by atoms with van der Waals surface area (Å²) in [6.07, 6.45) is 4.79. The summed E-state index contributed by atoms with van der Waals surface area (Å²) in [5.41, 5.74) is 0.869. The van der Waals surface area contributed by atoms with Gasteiger partial charge in [0, 0.05) is 36.2 Å². The average molecular weight is 362 g/mol. The predicted octanol–water partition coefficient (Wildman–Crippen LogP) is 3.40. The van der Waals surface area contributed by atoms with Gasteiger partial charge in [0.15, 0.2) is 9.84 Å². The molecule has 0 fully saturated rings. The van der Waals surface area contributed by atoms with E-state index in [2.05, 4.69) is 11.1 Å². The molecule has 1 atom stereocenters. The van der Waals surface area contributed by atoms with Gasteiger partial charge in [0.1, 0.15) is 11.9 Å². The van der Waals surface area contributed by atoms with Crippen LogP contribution >= 0.6 is 11.3 Å². The van der Waals surface area contributed by atoms with Crippen LogP contribution in [-0.2, 0) is 21.1 Å². The molecule has 0 aliphatic heterocycles. The molecule has 0 radical (unpaired) electrons. The normalized spacial score (nSPS) is 13.1. The van der Waals surface area contributed by atoms with Crippen LogP contribution in [-0.4, -0.2) is 31.3 Å². The van der Waals surface area contributed by atoms with Crippen LogP contribution in [0.3, 0.4) is 0 Å². The predicted molar refractivity (Wildman–Crippen MR) is 94.8 cm³/mol. The van der Waals surface area contributed by atoms with Gasteiger partial charge in [0.2, 0.25) is 0 Å². The largest absolute Gasteiger partial charge is 0.374 e. The topological polar surface area (TPSA) is 61.2 Å². The van der Waals surface area contributed by atoms with Crippen molar-refractivity contribution < 1.29 is 13.2 Å². The standard InChI is InChI=1S/C17H18N2O3S2/c1-22-15(16-4-3-11-23-16)12-19-10-9-18-17(19)13-5-7-14(8-6-13)24(2,20)21/h3-11,15H,12H2,1-2H3/t15-/m1/s1. The molecule has 0 N–H and O–H groups in total. The Morgan fingerprint density at radius 3 is 2.58 bits per heavy atom. The summed E-state index contributed by atoms with van der Waals surface area (Å²) in [5.74, 6) is 0.786. The first kappa shape index (κ1) is 16.9. The molecular formula is C17H18N2O3S2. The Bertz CT molecular complexity index is 898. The van der Waals surface area contributed by atoms with E-state index in [1.165, 1.54) is 6.26 Å². The Labute approximate surface area is 145 Å². The van der Waals surface area contributed by atoms with Gasteiger partial charge in [-0.15, -0.1) is 11.3 Å². The minimum absolute atomic E-state index is 0.0479. The molecule has 3 rings (SSSR count). The van der Waals surface area contributed by atoms with E-state index in [0.29, 0.717) is 11.4 Å². The van der Waals surface area contributed by atoms with E-state index in [-0.39, 0.29) is 6.10 Å². The highest BCUT2D eigenvalue weighted by molar-refractivity contribution is 7.90. The van der Waals surface area contributed by atoms with Crippen molar-refractivity contribution in [1.82, 2.24) is 9.55 Å². The second-order valence-corrected chi connectivity index (χ2v) is 8.43. The zero-order chi connectivity index (χ0) is 17.2. The van der Waals surface area contributed by atoms with Crippen molar-refractivity contribution >= 4 is 21.2 Å². The van der Waals surface area contributed by atoms with Gasteiger partial charge in [0.25, 0.3) is 0 Å². The molecule has 126 valence electrons. The molecule has 24 heavy (non-hydrogen) atoms. The highest BCUT2D eigenvalue weighted by atomic mass is 32.2. The van der Waals surface area contributed by atoms with E-state index in [1.54, 1.807) is 48.9 Å². The summed E-state index contributed by atoms with van der Waals surface area (Å²) < 4.78 is 30.8. The van der Waals surface area contributed by atoms with Crippen molar-refractivity contribution in [2.24, 2.45) is 0 Å². The minimum atomic E-state index is -3.20. The fourth-order valence-corrected chi connectivity index (χ4v) is 3.93. The van der Waals surface area contributed by atoms with Crippen molar-refractivity contribution in [3.05, 3.63) is 59.0 Å². The molecule has 3 aromatic rings. The number of sulfone groups is 1. The summed E-state index contributed by atoms with van der Waals surface area (Å²) in [6, 6.07) is 10.8. The van der Waals surface area contributed by atoms with Gasteiger partial charge in [-0.1, -0.05) is 6.07 Å². The fourth-order valence-electron chi connectivity index (χ4n) is 2.50. The molecule has 1 aromatic carbocycles. The van der Waals surface area contributed by atoms with Crippen molar-refractivity contribution in [3.63, 3.8) is 0 Å². The zero-order valence-corrected chi connectivity index (χ0v) is 15.0. The fraction of sp³-hybridized carbons (Fsp3) is 0.235. The van der Waals surface area contributed by atoms with Crippen LogP contribution in [0.2, 0.25) is 0 Å². The van der Waals surface area contributed by atoms with Crippen LogP contribution in [0.15, 0.2) is 59.1 Å². The third-order valence-corrected chi connectivity index (χ3v) is 5.86. The lowest BCUT2D eigenvalue weighted by molar-refractivity contribution is 0.0911. The molecule has 0 spiro atoms. The van der Waals surface area contributed by atoms with Gasteiger partial charge >= 0.3 is 0 Å². The number of methoxy groups -OCH3 is 1. The van der Waals surface area contributed by atoms with Crippen LogP contribution in [0.1, 0.15) is 11.0 Å². The number of hydrogen-bond donors (Lipinski definition) is 0.